The number of rotatable bonds is 5. The summed E-state index contributed by atoms with van der Waals surface area (Å²) in [5, 5.41) is 0. The Morgan fingerprint density at radius 1 is 1.10 bits per heavy atom. The highest BCUT2D eigenvalue weighted by Crippen LogP contribution is 2.31. The predicted molar refractivity (Wildman–Crippen MR) is 113 cm³/mol. The summed E-state index contributed by atoms with van der Waals surface area (Å²) >= 11 is 1.65. The molecular weight excluding hydrogens is 499 g/mol. The fourth-order valence-corrected chi connectivity index (χ4v) is 3.03. The van der Waals surface area contributed by atoms with Crippen LogP contribution in [-0.2, 0) is 20.7 Å². The Balaban J connectivity index is 3.40. The summed E-state index contributed by atoms with van der Waals surface area (Å²) < 4.78 is 44.8. The summed E-state index contributed by atoms with van der Waals surface area (Å²) in [4.78, 5) is 26.4. The van der Waals surface area contributed by atoms with Crippen LogP contribution in [0.3, 0.4) is 0 Å². The minimum absolute atomic E-state index is 0.0266. The molecule has 1 rings (SSSR count). The summed E-state index contributed by atoms with van der Waals surface area (Å²) in [6.07, 6.45) is -1.15. The molecule has 0 aromatic heterocycles. The molecule has 0 saturated heterocycles. The van der Waals surface area contributed by atoms with Crippen LogP contribution < -0.4 is 4.74 Å². The first-order valence-electron chi connectivity index (χ1n) is 8.96. The first-order chi connectivity index (χ1) is 13.1. The lowest BCUT2D eigenvalue weighted by Crippen LogP contribution is -2.48. The number of hydrogen-bond donors (Lipinski definition) is 0. The van der Waals surface area contributed by atoms with E-state index >= 15 is 0 Å². The van der Waals surface area contributed by atoms with E-state index in [1.807, 2.05) is 0 Å². The highest BCUT2D eigenvalue weighted by atomic mass is 127. The van der Waals surface area contributed by atoms with Gasteiger partial charge >= 0.3 is 12.1 Å². The molecular formula is C20H28F2INO5. The Morgan fingerprint density at radius 2 is 1.62 bits per heavy atom. The molecule has 0 aliphatic carbocycles. The highest BCUT2D eigenvalue weighted by molar-refractivity contribution is 14.1. The fourth-order valence-electron chi connectivity index (χ4n) is 2.43. The largest absolute Gasteiger partial charge is 0.493 e. The van der Waals surface area contributed by atoms with Crippen molar-refractivity contribution in [2.45, 2.75) is 65.2 Å². The quantitative estimate of drug-likeness (QED) is 0.316. The number of carbonyl (C=O) groups excluding carboxylic acids is 2. The molecule has 0 saturated carbocycles. The lowest BCUT2D eigenvalue weighted by molar-refractivity contribution is -0.160. The molecule has 1 aromatic carbocycles. The maximum Gasteiger partial charge on any atom is 0.410 e. The topological polar surface area (TPSA) is 65.1 Å². The van der Waals surface area contributed by atoms with Gasteiger partial charge in [0.2, 0.25) is 0 Å². The lowest BCUT2D eigenvalue weighted by Gasteiger charge is -2.32. The predicted octanol–water partition coefficient (Wildman–Crippen LogP) is 4.70. The molecule has 1 atom stereocenters. The van der Waals surface area contributed by atoms with E-state index in [9.17, 15) is 18.4 Å². The van der Waals surface area contributed by atoms with Gasteiger partial charge in [0.1, 0.15) is 23.1 Å². The summed E-state index contributed by atoms with van der Waals surface area (Å²) in [5.74, 6) is -2.59. The van der Waals surface area contributed by atoms with E-state index in [1.165, 1.54) is 14.2 Å². The fraction of sp³-hybridized carbons (Fsp3) is 0.600. The van der Waals surface area contributed by atoms with Gasteiger partial charge in [0.15, 0.2) is 11.6 Å². The molecule has 1 aromatic rings. The molecule has 0 fully saturated rings. The molecule has 0 radical (unpaired) electrons. The van der Waals surface area contributed by atoms with Crippen LogP contribution in [0.4, 0.5) is 13.6 Å². The zero-order valence-corrected chi connectivity index (χ0v) is 20.1. The monoisotopic (exact) mass is 527 g/mol. The second-order valence-electron chi connectivity index (χ2n) is 8.51. The van der Waals surface area contributed by atoms with Gasteiger partial charge in [-0.1, -0.05) is 0 Å². The molecule has 0 aliphatic rings. The Hall–Kier alpha value is -1.65. The Kier molecular flexibility index (Phi) is 8.26. The number of likely N-dealkylation sites (N-methyl/N-ethyl adjacent to an activating group) is 1. The molecule has 1 amide bonds. The molecule has 0 unspecified atom stereocenters. The lowest BCUT2D eigenvalue weighted by atomic mass is 10.0. The summed E-state index contributed by atoms with van der Waals surface area (Å²) in [7, 11) is 2.55. The molecule has 9 heteroatoms. The number of esters is 1. The molecule has 0 aliphatic heterocycles. The average molecular weight is 527 g/mol. The molecule has 29 heavy (non-hydrogen) atoms. The van der Waals surface area contributed by atoms with Crippen molar-refractivity contribution in [2.75, 3.05) is 14.2 Å². The SMILES string of the molecule is COc1c(F)cc(I)c(F)c1C[C@H](C(=O)OC(C)(C)C)N(C)C(=O)OC(C)(C)C. The smallest absolute Gasteiger partial charge is 0.410 e. The Bertz CT molecular complexity index is 772. The zero-order chi connectivity index (χ0) is 22.7. The zero-order valence-electron chi connectivity index (χ0n) is 18.0. The van der Waals surface area contributed by atoms with Gasteiger partial charge in [-0.15, -0.1) is 0 Å². The highest BCUT2D eigenvalue weighted by Gasteiger charge is 2.36. The average Bonchev–Trinajstić information content (AvgIpc) is 2.52. The van der Waals surface area contributed by atoms with E-state index in [2.05, 4.69) is 0 Å². The molecule has 6 nitrogen and oxygen atoms in total. The van der Waals surface area contributed by atoms with E-state index in [1.54, 1.807) is 64.1 Å². The number of methoxy groups -OCH3 is 1. The van der Waals surface area contributed by atoms with Gasteiger partial charge in [-0.05, 0) is 70.2 Å². The van der Waals surface area contributed by atoms with Crippen LogP contribution in [0.1, 0.15) is 47.1 Å². The third-order valence-electron chi connectivity index (χ3n) is 3.65. The third kappa shape index (κ3) is 7.27. The van der Waals surface area contributed by atoms with Crippen molar-refractivity contribution in [3.05, 3.63) is 26.8 Å². The summed E-state index contributed by atoms with van der Waals surface area (Å²) in [5.41, 5.74) is -1.81. The van der Waals surface area contributed by atoms with Gasteiger partial charge in [-0.2, -0.15) is 0 Å². The first kappa shape index (κ1) is 25.4. The standard InChI is InChI=1S/C20H28F2INO5/c1-19(2,3)28-17(25)14(24(7)18(26)29-20(4,5)6)9-11-15(22)13(23)10-12(21)16(11)27-8/h10,14H,9H2,1-8H3/t14-/m1/s1. The molecule has 0 spiro atoms. The van der Waals surface area contributed by atoms with Crippen LogP contribution in [0.2, 0.25) is 0 Å². The van der Waals surface area contributed by atoms with Crippen molar-refractivity contribution in [2.24, 2.45) is 0 Å². The van der Waals surface area contributed by atoms with Gasteiger partial charge in [0.05, 0.1) is 10.7 Å². The van der Waals surface area contributed by atoms with E-state index in [-0.39, 0.29) is 21.3 Å². The van der Waals surface area contributed by atoms with Crippen LogP contribution in [0.5, 0.6) is 5.75 Å². The minimum Gasteiger partial charge on any atom is -0.493 e. The number of ether oxygens (including phenoxy) is 3. The van der Waals surface area contributed by atoms with Crippen molar-refractivity contribution in [1.29, 1.82) is 0 Å². The van der Waals surface area contributed by atoms with Crippen molar-refractivity contribution in [3.8, 4) is 5.75 Å². The van der Waals surface area contributed by atoms with Gasteiger partial charge < -0.3 is 14.2 Å². The number of benzene rings is 1. The molecule has 0 bridgehead atoms. The normalized spacial score (nSPS) is 12.9. The van der Waals surface area contributed by atoms with Crippen LogP contribution in [-0.4, -0.2) is 48.4 Å². The van der Waals surface area contributed by atoms with E-state index in [4.69, 9.17) is 14.2 Å². The van der Waals surface area contributed by atoms with Gasteiger partial charge in [0, 0.05) is 19.0 Å². The van der Waals surface area contributed by atoms with Crippen molar-refractivity contribution < 1.29 is 32.6 Å². The maximum absolute atomic E-state index is 14.8. The van der Waals surface area contributed by atoms with Crippen LogP contribution >= 0.6 is 22.6 Å². The number of halogens is 3. The number of amides is 1. The molecule has 164 valence electrons. The van der Waals surface area contributed by atoms with E-state index in [0.29, 0.717) is 0 Å². The second-order valence-corrected chi connectivity index (χ2v) is 9.67. The third-order valence-corrected chi connectivity index (χ3v) is 4.43. The van der Waals surface area contributed by atoms with E-state index < -0.39 is 40.9 Å². The van der Waals surface area contributed by atoms with Gasteiger partial charge in [-0.3, -0.25) is 4.90 Å². The maximum atomic E-state index is 14.8. The second kappa shape index (κ2) is 9.44. The van der Waals surface area contributed by atoms with Crippen LogP contribution in [0, 0.1) is 15.2 Å². The van der Waals surface area contributed by atoms with Crippen molar-refractivity contribution >= 4 is 34.7 Å². The van der Waals surface area contributed by atoms with Gasteiger partial charge in [0.25, 0.3) is 0 Å². The number of nitrogens with zero attached hydrogens (tertiary/aromatic N) is 1. The summed E-state index contributed by atoms with van der Waals surface area (Å²) in [6.45, 7) is 10.0. The number of hydrogen-bond acceptors (Lipinski definition) is 5. The van der Waals surface area contributed by atoms with Crippen molar-refractivity contribution in [1.82, 2.24) is 4.90 Å². The van der Waals surface area contributed by atoms with E-state index in [0.717, 1.165) is 11.0 Å². The molecule has 0 N–H and O–H groups in total. The first-order valence-corrected chi connectivity index (χ1v) is 10.0. The number of carbonyl (C=O) groups is 2. The Morgan fingerprint density at radius 3 is 2.07 bits per heavy atom. The van der Waals surface area contributed by atoms with Crippen LogP contribution in [0.15, 0.2) is 6.07 Å². The van der Waals surface area contributed by atoms with Crippen LogP contribution in [0.25, 0.3) is 0 Å². The Labute approximate surface area is 184 Å². The molecule has 0 heterocycles. The minimum atomic E-state index is -1.26. The van der Waals surface area contributed by atoms with Crippen molar-refractivity contribution in [3.63, 3.8) is 0 Å². The summed E-state index contributed by atoms with van der Waals surface area (Å²) in [6, 6.07) is -0.261. The van der Waals surface area contributed by atoms with Gasteiger partial charge in [-0.25, -0.2) is 18.4 Å².